The first-order valence-electron chi connectivity index (χ1n) is 5.75. The number of aryl methyl sites for hydroxylation is 2. The third kappa shape index (κ3) is 2.47. The fourth-order valence-corrected chi connectivity index (χ4v) is 2.05. The molecule has 0 atom stereocenters. The summed E-state index contributed by atoms with van der Waals surface area (Å²) in [5.41, 5.74) is 8.73. The van der Waals surface area contributed by atoms with Crippen LogP contribution in [0.2, 0.25) is 0 Å². The van der Waals surface area contributed by atoms with Crippen LogP contribution in [0, 0.1) is 25.2 Å². The third-order valence-corrected chi connectivity index (χ3v) is 2.78. The van der Waals surface area contributed by atoms with Crippen LogP contribution in [-0.2, 0) is 0 Å². The lowest BCUT2D eigenvalue weighted by Crippen LogP contribution is -1.99. The molecule has 0 aliphatic heterocycles. The molecule has 0 unspecified atom stereocenters. The average Bonchev–Trinajstić information content (AvgIpc) is 2.37. The quantitative estimate of drug-likeness (QED) is 0.888. The van der Waals surface area contributed by atoms with Gasteiger partial charge in [0.05, 0.1) is 7.11 Å². The summed E-state index contributed by atoms with van der Waals surface area (Å²) >= 11 is 0. The largest absolute Gasteiger partial charge is 0.496 e. The van der Waals surface area contributed by atoms with Crippen molar-refractivity contribution in [2.24, 2.45) is 0 Å². The lowest BCUT2D eigenvalue weighted by molar-refractivity contribution is 0.408. The number of nitriles is 1. The molecule has 0 amide bonds. The maximum atomic E-state index is 8.91. The van der Waals surface area contributed by atoms with Gasteiger partial charge in [0, 0.05) is 11.6 Å². The monoisotopic (exact) mass is 254 g/mol. The number of ether oxygens (including phenoxy) is 1. The highest BCUT2D eigenvalue weighted by atomic mass is 16.5. The number of nitrogen functional groups attached to an aromatic ring is 1. The zero-order valence-corrected chi connectivity index (χ0v) is 11.1. The number of nitrogens with zero attached hydrogens (tertiary/aromatic N) is 3. The van der Waals surface area contributed by atoms with E-state index in [1.165, 1.54) is 6.07 Å². The highest BCUT2D eigenvalue weighted by molar-refractivity contribution is 5.63. The average molecular weight is 254 g/mol. The van der Waals surface area contributed by atoms with Crippen LogP contribution in [-0.4, -0.2) is 17.1 Å². The van der Waals surface area contributed by atoms with Crippen LogP contribution >= 0.6 is 0 Å². The zero-order valence-electron chi connectivity index (χ0n) is 11.1. The van der Waals surface area contributed by atoms with Crippen molar-refractivity contribution in [3.63, 3.8) is 0 Å². The molecule has 0 bridgehead atoms. The van der Waals surface area contributed by atoms with E-state index in [1.54, 1.807) is 7.11 Å². The van der Waals surface area contributed by atoms with Crippen LogP contribution in [0.4, 0.5) is 5.82 Å². The number of aromatic nitrogens is 2. The summed E-state index contributed by atoms with van der Waals surface area (Å²) < 4.78 is 5.32. The molecule has 0 fully saturated rings. The Bertz CT molecular complexity index is 651. The molecular weight excluding hydrogens is 240 g/mol. The maximum Gasteiger partial charge on any atom is 0.162 e. The second-order valence-corrected chi connectivity index (χ2v) is 4.26. The minimum absolute atomic E-state index is 0.258. The third-order valence-electron chi connectivity index (χ3n) is 2.78. The van der Waals surface area contributed by atoms with Crippen LogP contribution < -0.4 is 10.5 Å². The van der Waals surface area contributed by atoms with Gasteiger partial charge in [-0.05, 0) is 37.1 Å². The molecule has 2 aromatic rings. The summed E-state index contributed by atoms with van der Waals surface area (Å²) in [5.74, 6) is 1.58. The molecule has 0 spiro atoms. The van der Waals surface area contributed by atoms with Gasteiger partial charge in [-0.2, -0.15) is 5.26 Å². The Balaban J connectivity index is 2.60. The Hall–Kier alpha value is -2.61. The van der Waals surface area contributed by atoms with E-state index < -0.39 is 0 Å². The number of hydrogen-bond donors (Lipinski definition) is 1. The second-order valence-electron chi connectivity index (χ2n) is 4.26. The van der Waals surface area contributed by atoms with Gasteiger partial charge >= 0.3 is 0 Å². The van der Waals surface area contributed by atoms with Gasteiger partial charge < -0.3 is 10.5 Å². The van der Waals surface area contributed by atoms with Gasteiger partial charge in [0.25, 0.3) is 0 Å². The topological polar surface area (TPSA) is 84.8 Å². The smallest absolute Gasteiger partial charge is 0.162 e. The SMILES string of the molecule is COc1c(C)cc(-c2nc(N)cc(C#N)n2)cc1C. The number of rotatable bonds is 2. The molecule has 96 valence electrons. The summed E-state index contributed by atoms with van der Waals surface area (Å²) in [6, 6.07) is 7.26. The molecule has 1 aromatic carbocycles. The summed E-state index contributed by atoms with van der Waals surface area (Å²) in [5, 5.41) is 8.91. The summed E-state index contributed by atoms with van der Waals surface area (Å²) in [6.45, 7) is 3.90. The highest BCUT2D eigenvalue weighted by Crippen LogP contribution is 2.28. The molecule has 1 aromatic heterocycles. The van der Waals surface area contributed by atoms with Gasteiger partial charge in [0.15, 0.2) is 5.82 Å². The summed E-state index contributed by atoms with van der Waals surface area (Å²) in [4.78, 5) is 8.33. The fourth-order valence-electron chi connectivity index (χ4n) is 2.05. The molecule has 2 rings (SSSR count). The highest BCUT2D eigenvalue weighted by Gasteiger charge is 2.10. The maximum absolute atomic E-state index is 8.91. The van der Waals surface area contributed by atoms with Crippen LogP contribution in [0.1, 0.15) is 16.8 Å². The van der Waals surface area contributed by atoms with Crippen molar-refractivity contribution in [1.82, 2.24) is 9.97 Å². The lowest BCUT2D eigenvalue weighted by Gasteiger charge is -2.11. The van der Waals surface area contributed by atoms with E-state index in [0.717, 1.165) is 22.4 Å². The van der Waals surface area contributed by atoms with Crippen molar-refractivity contribution < 1.29 is 4.74 Å². The lowest BCUT2D eigenvalue weighted by atomic mass is 10.1. The number of nitrogens with two attached hydrogens (primary N) is 1. The van der Waals surface area contributed by atoms with Crippen molar-refractivity contribution in [2.75, 3.05) is 12.8 Å². The standard InChI is InChI=1S/C14H14N4O/c1-8-4-10(5-9(2)13(8)19-3)14-17-11(7-15)6-12(16)18-14/h4-6H,1-3H3,(H2,16,17,18). The Morgan fingerprint density at radius 2 is 1.79 bits per heavy atom. The van der Waals surface area contributed by atoms with Crippen LogP contribution in [0.3, 0.4) is 0 Å². The minimum atomic E-state index is 0.258. The van der Waals surface area contributed by atoms with E-state index in [0.29, 0.717) is 5.82 Å². The van der Waals surface area contributed by atoms with E-state index in [4.69, 9.17) is 15.7 Å². The van der Waals surface area contributed by atoms with E-state index in [2.05, 4.69) is 9.97 Å². The first kappa shape index (κ1) is 12.8. The molecule has 19 heavy (non-hydrogen) atoms. The van der Waals surface area contributed by atoms with Gasteiger partial charge in [-0.25, -0.2) is 9.97 Å². The molecule has 0 saturated heterocycles. The van der Waals surface area contributed by atoms with Gasteiger partial charge in [-0.1, -0.05) is 0 Å². The number of methoxy groups -OCH3 is 1. The van der Waals surface area contributed by atoms with Crippen LogP contribution in [0.15, 0.2) is 18.2 Å². The Morgan fingerprint density at radius 3 is 2.32 bits per heavy atom. The molecule has 0 saturated carbocycles. The molecule has 5 heteroatoms. The Labute approximate surface area is 111 Å². The molecule has 1 heterocycles. The van der Waals surface area contributed by atoms with Crippen molar-refractivity contribution >= 4 is 5.82 Å². The van der Waals surface area contributed by atoms with Crippen molar-refractivity contribution in [3.8, 4) is 23.2 Å². The van der Waals surface area contributed by atoms with Crippen molar-refractivity contribution in [2.45, 2.75) is 13.8 Å². The Morgan fingerprint density at radius 1 is 1.16 bits per heavy atom. The zero-order chi connectivity index (χ0) is 14.0. The van der Waals surface area contributed by atoms with E-state index >= 15 is 0 Å². The van der Waals surface area contributed by atoms with Crippen molar-refractivity contribution in [1.29, 1.82) is 5.26 Å². The predicted octanol–water partition coefficient (Wildman–Crippen LogP) is 2.22. The van der Waals surface area contributed by atoms with Gasteiger partial charge in [-0.3, -0.25) is 0 Å². The summed E-state index contributed by atoms with van der Waals surface area (Å²) in [6.07, 6.45) is 0. The number of benzene rings is 1. The van der Waals surface area contributed by atoms with E-state index in [1.807, 2.05) is 32.0 Å². The minimum Gasteiger partial charge on any atom is -0.496 e. The second kappa shape index (κ2) is 4.94. The Kier molecular flexibility index (Phi) is 3.34. The van der Waals surface area contributed by atoms with E-state index in [9.17, 15) is 0 Å². The van der Waals surface area contributed by atoms with Crippen LogP contribution in [0.5, 0.6) is 5.75 Å². The molecule has 2 N–H and O–H groups in total. The van der Waals surface area contributed by atoms with Gasteiger partial charge in [-0.15, -0.1) is 0 Å². The van der Waals surface area contributed by atoms with Crippen molar-refractivity contribution in [3.05, 3.63) is 35.0 Å². The predicted molar refractivity (Wildman–Crippen MR) is 72.6 cm³/mol. The van der Waals surface area contributed by atoms with Gasteiger partial charge in [0.1, 0.15) is 23.3 Å². The number of hydrogen-bond acceptors (Lipinski definition) is 5. The molecule has 0 aliphatic rings. The molecule has 0 radical (unpaired) electrons. The fraction of sp³-hybridized carbons (Fsp3) is 0.214. The molecule has 5 nitrogen and oxygen atoms in total. The van der Waals surface area contributed by atoms with Crippen LogP contribution in [0.25, 0.3) is 11.4 Å². The normalized spacial score (nSPS) is 10.0. The van der Waals surface area contributed by atoms with E-state index in [-0.39, 0.29) is 11.5 Å². The molecule has 0 aliphatic carbocycles. The first-order chi connectivity index (χ1) is 9.05. The first-order valence-corrected chi connectivity index (χ1v) is 5.75. The molecular formula is C14H14N4O. The number of anilines is 1. The summed E-state index contributed by atoms with van der Waals surface area (Å²) in [7, 11) is 1.64. The van der Waals surface area contributed by atoms with Gasteiger partial charge in [0.2, 0.25) is 0 Å².